The van der Waals surface area contributed by atoms with Crippen LogP contribution in [0, 0.1) is 5.92 Å². The third kappa shape index (κ3) is 3.76. The Kier molecular flexibility index (Phi) is 4.79. The van der Waals surface area contributed by atoms with Gasteiger partial charge in [0.25, 0.3) is 11.8 Å². The number of alkyl halides is 2. The molecule has 4 aromatic heterocycles. The van der Waals surface area contributed by atoms with Crippen LogP contribution in [0.15, 0.2) is 36.9 Å². The zero-order valence-corrected chi connectivity index (χ0v) is 17.7. The maximum Gasteiger partial charge on any atom is 0.255 e. The van der Waals surface area contributed by atoms with Crippen LogP contribution in [-0.4, -0.2) is 49.0 Å². The zero-order chi connectivity index (χ0) is 22.5. The molecule has 0 unspecified atom stereocenters. The lowest BCUT2D eigenvalue weighted by Gasteiger charge is -2.35. The van der Waals surface area contributed by atoms with Crippen LogP contribution in [0.3, 0.4) is 0 Å². The number of fused-ring (bicyclic) bond motifs is 2. The van der Waals surface area contributed by atoms with Crippen molar-refractivity contribution >= 4 is 28.4 Å². The van der Waals surface area contributed by atoms with Crippen molar-refractivity contribution in [2.45, 2.75) is 38.7 Å². The second kappa shape index (κ2) is 7.54. The molecule has 3 N–H and O–H groups in total. The van der Waals surface area contributed by atoms with E-state index in [9.17, 15) is 13.6 Å². The average molecular weight is 439 g/mol. The van der Waals surface area contributed by atoms with Crippen LogP contribution in [0.4, 0.5) is 14.7 Å². The quantitative estimate of drug-likeness (QED) is 0.424. The topological polar surface area (TPSA) is 100 Å². The molecule has 0 aromatic carbocycles. The molecule has 0 spiro atoms. The number of nitrogens with one attached hydrogen (secondary N) is 3. The van der Waals surface area contributed by atoms with Crippen molar-refractivity contribution in [2.75, 3.05) is 11.9 Å². The van der Waals surface area contributed by atoms with Gasteiger partial charge in [-0.2, -0.15) is 10.1 Å². The summed E-state index contributed by atoms with van der Waals surface area (Å²) in [5.74, 6) is -2.05. The SMILES string of the molecule is CC(C)CNc1ncc2c(-c3ccn4ncc(C(=O)NC5CC(F)(F)C5)c4c3)c[nH]c2n1. The van der Waals surface area contributed by atoms with Gasteiger partial charge in [-0.1, -0.05) is 13.8 Å². The van der Waals surface area contributed by atoms with Gasteiger partial charge in [0.1, 0.15) is 5.65 Å². The number of amides is 1. The van der Waals surface area contributed by atoms with Crippen LogP contribution in [0.1, 0.15) is 37.0 Å². The fourth-order valence-corrected chi connectivity index (χ4v) is 3.88. The Labute approximate surface area is 182 Å². The fourth-order valence-electron chi connectivity index (χ4n) is 3.88. The lowest BCUT2D eigenvalue weighted by molar-refractivity contribution is -0.0901. The summed E-state index contributed by atoms with van der Waals surface area (Å²) in [7, 11) is 0. The van der Waals surface area contributed by atoms with E-state index in [2.05, 4.69) is 44.5 Å². The molecule has 1 fully saturated rings. The first-order chi connectivity index (χ1) is 15.3. The summed E-state index contributed by atoms with van der Waals surface area (Å²) in [5.41, 5.74) is 3.40. The van der Waals surface area contributed by atoms with Crippen LogP contribution in [0.2, 0.25) is 0 Å². The second-order valence-corrected chi connectivity index (χ2v) is 8.67. The standard InChI is InChI=1S/C22H23F2N7O/c1-12(2)8-26-21-27-10-16-15(9-25-19(16)30-21)13-3-4-31-18(5-13)17(11-28-31)20(32)29-14-6-22(23,24)7-14/h3-5,9-12,14H,6-8H2,1-2H3,(H,29,32)(H2,25,26,27,30). The van der Waals surface area contributed by atoms with Gasteiger partial charge in [-0.3, -0.25) is 4.79 Å². The van der Waals surface area contributed by atoms with Crippen molar-refractivity contribution in [1.82, 2.24) is 29.9 Å². The Morgan fingerprint density at radius 2 is 2.16 bits per heavy atom. The fraction of sp³-hybridized carbons (Fsp3) is 0.364. The first-order valence-electron chi connectivity index (χ1n) is 10.5. The third-order valence-corrected chi connectivity index (χ3v) is 5.60. The molecule has 1 aliphatic rings. The Hall–Kier alpha value is -3.56. The number of carbonyl (C=O) groups excluding carboxylic acids is 1. The van der Waals surface area contributed by atoms with E-state index in [0.717, 1.165) is 23.1 Å². The van der Waals surface area contributed by atoms with Crippen LogP contribution in [0.5, 0.6) is 0 Å². The van der Waals surface area contributed by atoms with Crippen LogP contribution < -0.4 is 10.6 Å². The number of halogens is 2. The number of H-pyrrole nitrogens is 1. The monoisotopic (exact) mass is 439 g/mol. The molecule has 4 aromatic rings. The summed E-state index contributed by atoms with van der Waals surface area (Å²) in [4.78, 5) is 24.8. The van der Waals surface area contributed by atoms with E-state index < -0.39 is 17.9 Å². The third-order valence-electron chi connectivity index (χ3n) is 5.60. The van der Waals surface area contributed by atoms with Gasteiger partial charge in [-0.05, 0) is 23.6 Å². The van der Waals surface area contributed by atoms with E-state index in [1.807, 2.05) is 18.3 Å². The molecule has 0 radical (unpaired) electrons. The number of anilines is 1. The summed E-state index contributed by atoms with van der Waals surface area (Å²) >= 11 is 0. The number of rotatable bonds is 6. The first-order valence-corrected chi connectivity index (χ1v) is 10.5. The molecular formula is C22H23F2N7O. The van der Waals surface area contributed by atoms with Gasteiger partial charge in [0.05, 0.1) is 17.3 Å². The summed E-state index contributed by atoms with van der Waals surface area (Å²) in [6, 6.07) is 3.23. The summed E-state index contributed by atoms with van der Waals surface area (Å²) in [6.45, 7) is 5.00. The highest BCUT2D eigenvalue weighted by atomic mass is 19.3. The number of aromatic amines is 1. The maximum absolute atomic E-state index is 13.1. The number of hydrogen-bond acceptors (Lipinski definition) is 5. The van der Waals surface area contributed by atoms with Gasteiger partial charge in [0.2, 0.25) is 5.95 Å². The van der Waals surface area contributed by atoms with Crippen molar-refractivity contribution in [3.05, 3.63) is 42.5 Å². The highest BCUT2D eigenvalue weighted by Crippen LogP contribution is 2.37. The van der Waals surface area contributed by atoms with Gasteiger partial charge < -0.3 is 15.6 Å². The number of hydrogen-bond donors (Lipinski definition) is 3. The molecule has 0 bridgehead atoms. The summed E-state index contributed by atoms with van der Waals surface area (Å²) < 4.78 is 27.8. The van der Waals surface area contributed by atoms with Crippen LogP contribution >= 0.6 is 0 Å². The number of nitrogens with zero attached hydrogens (tertiary/aromatic N) is 4. The average Bonchev–Trinajstić information content (AvgIpc) is 3.34. The molecule has 32 heavy (non-hydrogen) atoms. The van der Waals surface area contributed by atoms with E-state index >= 15 is 0 Å². The molecular weight excluding hydrogens is 416 g/mol. The minimum absolute atomic E-state index is 0.327. The normalized spacial score (nSPS) is 15.9. The van der Waals surface area contributed by atoms with Gasteiger partial charge in [0.15, 0.2) is 0 Å². The maximum atomic E-state index is 13.1. The number of aromatic nitrogens is 5. The smallest absolute Gasteiger partial charge is 0.255 e. The lowest BCUT2D eigenvalue weighted by atomic mass is 9.88. The summed E-state index contributed by atoms with van der Waals surface area (Å²) in [6.07, 6.45) is 6.18. The Bertz CT molecular complexity index is 1300. The summed E-state index contributed by atoms with van der Waals surface area (Å²) in [5, 5.41) is 11.0. The predicted octanol–water partition coefficient (Wildman–Crippen LogP) is 3.87. The molecule has 0 aliphatic heterocycles. The largest absolute Gasteiger partial charge is 0.354 e. The molecule has 10 heteroatoms. The van der Waals surface area contributed by atoms with E-state index in [0.29, 0.717) is 28.6 Å². The van der Waals surface area contributed by atoms with Gasteiger partial charge in [-0.15, -0.1) is 0 Å². The van der Waals surface area contributed by atoms with Crippen molar-refractivity contribution in [3.8, 4) is 11.1 Å². The molecule has 1 saturated carbocycles. The highest BCUT2D eigenvalue weighted by Gasteiger charge is 2.46. The van der Waals surface area contributed by atoms with Gasteiger partial charge in [0, 0.05) is 55.0 Å². The number of pyridine rings is 1. The lowest BCUT2D eigenvalue weighted by Crippen LogP contribution is -2.50. The molecule has 0 atom stereocenters. The molecule has 166 valence electrons. The van der Waals surface area contributed by atoms with Gasteiger partial charge >= 0.3 is 0 Å². The van der Waals surface area contributed by atoms with E-state index in [4.69, 9.17) is 0 Å². The minimum atomic E-state index is -2.69. The van der Waals surface area contributed by atoms with E-state index in [1.165, 1.54) is 6.20 Å². The molecule has 1 aliphatic carbocycles. The van der Waals surface area contributed by atoms with Gasteiger partial charge in [-0.25, -0.2) is 18.3 Å². The molecule has 1 amide bonds. The van der Waals surface area contributed by atoms with Crippen molar-refractivity contribution < 1.29 is 13.6 Å². The van der Waals surface area contributed by atoms with Crippen molar-refractivity contribution in [1.29, 1.82) is 0 Å². The Morgan fingerprint density at radius 1 is 1.34 bits per heavy atom. The van der Waals surface area contributed by atoms with Crippen molar-refractivity contribution in [3.63, 3.8) is 0 Å². The van der Waals surface area contributed by atoms with Crippen LogP contribution in [0.25, 0.3) is 27.7 Å². The Balaban J connectivity index is 1.43. The predicted molar refractivity (Wildman–Crippen MR) is 117 cm³/mol. The first kappa shape index (κ1) is 20.3. The molecule has 0 saturated heterocycles. The van der Waals surface area contributed by atoms with E-state index in [-0.39, 0.29) is 12.8 Å². The minimum Gasteiger partial charge on any atom is -0.354 e. The Morgan fingerprint density at radius 3 is 2.91 bits per heavy atom. The highest BCUT2D eigenvalue weighted by molar-refractivity contribution is 6.02. The molecule has 4 heterocycles. The van der Waals surface area contributed by atoms with Crippen LogP contribution in [-0.2, 0) is 0 Å². The van der Waals surface area contributed by atoms with E-state index in [1.54, 1.807) is 16.9 Å². The second-order valence-electron chi connectivity index (χ2n) is 8.67. The van der Waals surface area contributed by atoms with Crippen molar-refractivity contribution in [2.24, 2.45) is 5.92 Å². The zero-order valence-electron chi connectivity index (χ0n) is 17.7. The number of carbonyl (C=O) groups is 1. The molecule has 8 nitrogen and oxygen atoms in total. The molecule has 5 rings (SSSR count).